The highest BCUT2D eigenvalue weighted by molar-refractivity contribution is 6.36. The van der Waals surface area contributed by atoms with E-state index in [1.54, 1.807) is 0 Å². The minimum atomic E-state index is -1.10. The van der Waals surface area contributed by atoms with Gasteiger partial charge in [-0.05, 0) is 36.4 Å². The standard InChI is InChI=1S/C21H17Cl2N3O7/c1-32-20(30)10-5-11(21(31)33-2)7-13(6-10)26-17(27)9-16(19(26)29)24-25-18(28)14-4-3-12(22)8-15(14)23/h3-8,16,24H,9H2,1-2H3,(H,25,28). The number of hydrogen-bond donors (Lipinski definition) is 2. The molecule has 2 aromatic carbocycles. The number of methoxy groups -OCH3 is 2. The van der Waals surface area contributed by atoms with Crippen LogP contribution in [0.25, 0.3) is 0 Å². The van der Waals surface area contributed by atoms with Gasteiger partial charge in [0.2, 0.25) is 5.91 Å². The van der Waals surface area contributed by atoms with E-state index in [1.807, 2.05) is 0 Å². The van der Waals surface area contributed by atoms with Crippen LogP contribution in [0.5, 0.6) is 0 Å². The molecule has 2 N–H and O–H groups in total. The lowest BCUT2D eigenvalue weighted by Crippen LogP contribution is -2.48. The molecule has 3 rings (SSSR count). The Morgan fingerprint density at radius 3 is 2.12 bits per heavy atom. The van der Waals surface area contributed by atoms with E-state index in [1.165, 1.54) is 36.4 Å². The third kappa shape index (κ3) is 5.14. The summed E-state index contributed by atoms with van der Waals surface area (Å²) in [6.45, 7) is 0. The summed E-state index contributed by atoms with van der Waals surface area (Å²) in [7, 11) is 2.29. The number of nitrogens with one attached hydrogen (secondary N) is 2. The molecule has 0 radical (unpaired) electrons. The number of carbonyl (C=O) groups excluding carboxylic acids is 5. The largest absolute Gasteiger partial charge is 0.465 e. The number of hydrazine groups is 1. The Kier molecular flexibility index (Phi) is 7.32. The van der Waals surface area contributed by atoms with E-state index in [0.29, 0.717) is 5.02 Å². The average Bonchev–Trinajstić information content (AvgIpc) is 3.08. The fourth-order valence-electron chi connectivity index (χ4n) is 3.12. The molecule has 0 saturated carbocycles. The first kappa shape index (κ1) is 24.2. The van der Waals surface area contributed by atoms with E-state index in [4.69, 9.17) is 23.2 Å². The molecule has 2 aromatic rings. The Morgan fingerprint density at radius 2 is 1.58 bits per heavy atom. The lowest BCUT2D eigenvalue weighted by atomic mass is 10.1. The van der Waals surface area contributed by atoms with E-state index in [2.05, 4.69) is 20.3 Å². The first-order valence-electron chi connectivity index (χ1n) is 9.35. The molecule has 1 heterocycles. The van der Waals surface area contributed by atoms with Crippen molar-refractivity contribution in [2.24, 2.45) is 0 Å². The van der Waals surface area contributed by atoms with Crippen molar-refractivity contribution in [1.29, 1.82) is 0 Å². The third-order valence-electron chi connectivity index (χ3n) is 4.70. The van der Waals surface area contributed by atoms with Crippen LogP contribution >= 0.6 is 23.2 Å². The SMILES string of the molecule is COC(=O)c1cc(C(=O)OC)cc(N2C(=O)CC(NNC(=O)c3ccc(Cl)cc3Cl)C2=O)c1. The molecule has 1 aliphatic heterocycles. The van der Waals surface area contributed by atoms with Gasteiger partial charge in [-0.1, -0.05) is 23.2 Å². The van der Waals surface area contributed by atoms with Gasteiger partial charge in [-0.25, -0.2) is 19.9 Å². The normalized spacial score (nSPS) is 15.4. The molecular formula is C21H17Cl2N3O7. The maximum absolute atomic E-state index is 12.9. The van der Waals surface area contributed by atoms with E-state index in [0.717, 1.165) is 19.1 Å². The first-order chi connectivity index (χ1) is 15.7. The third-order valence-corrected chi connectivity index (χ3v) is 5.25. The van der Waals surface area contributed by atoms with E-state index < -0.39 is 35.7 Å². The van der Waals surface area contributed by atoms with Crippen molar-refractivity contribution in [3.63, 3.8) is 0 Å². The second-order valence-corrected chi connectivity index (χ2v) is 7.64. The second-order valence-electron chi connectivity index (χ2n) is 6.80. The first-order valence-corrected chi connectivity index (χ1v) is 10.1. The molecule has 0 bridgehead atoms. The van der Waals surface area contributed by atoms with Crippen molar-refractivity contribution in [3.05, 3.63) is 63.1 Å². The number of hydrogen-bond acceptors (Lipinski definition) is 8. The number of anilines is 1. The molecule has 1 fully saturated rings. The van der Waals surface area contributed by atoms with Crippen molar-refractivity contribution >= 4 is 58.5 Å². The summed E-state index contributed by atoms with van der Waals surface area (Å²) < 4.78 is 9.33. The highest BCUT2D eigenvalue weighted by Crippen LogP contribution is 2.26. The summed E-state index contributed by atoms with van der Waals surface area (Å²) in [6, 6.07) is 6.86. The van der Waals surface area contributed by atoms with Crippen molar-refractivity contribution < 1.29 is 33.4 Å². The Balaban J connectivity index is 1.81. The maximum Gasteiger partial charge on any atom is 0.337 e. The van der Waals surface area contributed by atoms with Gasteiger partial charge >= 0.3 is 11.9 Å². The topological polar surface area (TPSA) is 131 Å². The molecule has 0 aromatic heterocycles. The maximum atomic E-state index is 12.9. The summed E-state index contributed by atoms with van der Waals surface area (Å²) in [6.07, 6.45) is -0.288. The molecule has 1 atom stereocenters. The van der Waals surface area contributed by atoms with Crippen molar-refractivity contribution in [1.82, 2.24) is 10.9 Å². The Morgan fingerprint density at radius 1 is 0.970 bits per heavy atom. The number of esters is 2. The zero-order valence-corrected chi connectivity index (χ0v) is 18.8. The fraction of sp³-hybridized carbons (Fsp3) is 0.190. The van der Waals surface area contributed by atoms with Gasteiger partial charge in [0.1, 0.15) is 6.04 Å². The molecule has 3 amide bonds. The van der Waals surface area contributed by atoms with Crippen LogP contribution in [0.1, 0.15) is 37.5 Å². The van der Waals surface area contributed by atoms with Crippen LogP contribution < -0.4 is 15.8 Å². The zero-order chi connectivity index (χ0) is 24.3. The number of benzene rings is 2. The molecule has 0 spiro atoms. The van der Waals surface area contributed by atoms with Crippen LogP contribution in [0.2, 0.25) is 10.0 Å². The Labute approximate surface area is 197 Å². The van der Waals surface area contributed by atoms with Crippen molar-refractivity contribution in [3.8, 4) is 0 Å². The van der Waals surface area contributed by atoms with Gasteiger partial charge < -0.3 is 9.47 Å². The average molecular weight is 494 g/mol. The van der Waals surface area contributed by atoms with Gasteiger partial charge in [0, 0.05) is 5.02 Å². The summed E-state index contributed by atoms with van der Waals surface area (Å²) in [5, 5.41) is 0.449. The lowest BCUT2D eigenvalue weighted by Gasteiger charge is -2.17. The molecule has 172 valence electrons. The van der Waals surface area contributed by atoms with Crippen LogP contribution in [-0.2, 0) is 19.1 Å². The molecule has 1 aliphatic rings. The minimum absolute atomic E-state index is 0.0235. The van der Waals surface area contributed by atoms with Crippen LogP contribution in [-0.4, -0.2) is 49.9 Å². The number of imide groups is 1. The summed E-state index contributed by atoms with van der Waals surface area (Å²) in [5.41, 5.74) is 4.82. The van der Waals surface area contributed by atoms with E-state index in [-0.39, 0.29) is 33.8 Å². The number of rotatable bonds is 6. The van der Waals surface area contributed by atoms with Crippen LogP contribution in [0.4, 0.5) is 5.69 Å². The lowest BCUT2D eigenvalue weighted by molar-refractivity contribution is -0.121. The Bertz CT molecular complexity index is 1130. The van der Waals surface area contributed by atoms with Gasteiger partial charge in [0.05, 0.1) is 48.0 Å². The van der Waals surface area contributed by atoms with Crippen LogP contribution in [0, 0.1) is 0 Å². The van der Waals surface area contributed by atoms with Gasteiger partial charge in [-0.15, -0.1) is 0 Å². The molecule has 0 aliphatic carbocycles. The smallest absolute Gasteiger partial charge is 0.337 e. The predicted molar refractivity (Wildman–Crippen MR) is 117 cm³/mol. The van der Waals surface area contributed by atoms with Gasteiger partial charge in [-0.3, -0.25) is 19.8 Å². The molecular weight excluding hydrogens is 477 g/mol. The molecule has 1 unspecified atom stereocenters. The van der Waals surface area contributed by atoms with Crippen molar-refractivity contribution in [2.75, 3.05) is 19.1 Å². The number of carbonyl (C=O) groups is 5. The van der Waals surface area contributed by atoms with Gasteiger partial charge in [-0.2, -0.15) is 0 Å². The highest BCUT2D eigenvalue weighted by atomic mass is 35.5. The second kappa shape index (κ2) is 9.99. The number of nitrogens with zero attached hydrogens (tertiary/aromatic N) is 1. The summed E-state index contributed by atoms with van der Waals surface area (Å²) in [4.78, 5) is 62.6. The van der Waals surface area contributed by atoms with E-state index >= 15 is 0 Å². The minimum Gasteiger partial charge on any atom is -0.465 e. The molecule has 10 nitrogen and oxygen atoms in total. The fourth-order valence-corrected chi connectivity index (χ4v) is 3.62. The summed E-state index contributed by atoms with van der Waals surface area (Å²) >= 11 is 11.8. The quantitative estimate of drug-likeness (QED) is 0.355. The zero-order valence-electron chi connectivity index (χ0n) is 17.3. The van der Waals surface area contributed by atoms with Crippen molar-refractivity contribution in [2.45, 2.75) is 12.5 Å². The molecule has 33 heavy (non-hydrogen) atoms. The van der Waals surface area contributed by atoms with Gasteiger partial charge in [0.25, 0.3) is 11.8 Å². The monoisotopic (exact) mass is 493 g/mol. The van der Waals surface area contributed by atoms with Gasteiger partial charge in [0.15, 0.2) is 0 Å². The highest BCUT2D eigenvalue weighted by Gasteiger charge is 2.40. The predicted octanol–water partition coefficient (Wildman–Crippen LogP) is 2.13. The molecule has 1 saturated heterocycles. The van der Waals surface area contributed by atoms with Crippen LogP contribution in [0.3, 0.4) is 0 Å². The molecule has 12 heteroatoms. The Hall–Kier alpha value is -3.47. The van der Waals surface area contributed by atoms with Crippen LogP contribution in [0.15, 0.2) is 36.4 Å². The number of amides is 3. The van der Waals surface area contributed by atoms with E-state index in [9.17, 15) is 24.0 Å². The summed E-state index contributed by atoms with van der Waals surface area (Å²) in [5.74, 6) is -3.52. The number of ether oxygens (including phenoxy) is 2. The number of halogens is 2.